The van der Waals surface area contributed by atoms with Gasteiger partial charge in [0.05, 0.1) is 13.2 Å². The van der Waals surface area contributed by atoms with E-state index in [1.807, 2.05) is 0 Å². The minimum Gasteiger partial charge on any atom is -0.462 e. The summed E-state index contributed by atoms with van der Waals surface area (Å²) in [7, 11) is 0. The molecule has 1 aliphatic heterocycles. The Hall–Kier alpha value is -1.56. The highest BCUT2D eigenvalue weighted by atomic mass is 16.7. The topological polar surface area (TPSA) is 152 Å². The fraction of sp³-hybridized carbons (Fsp3) is 0.909. The van der Waals surface area contributed by atoms with Crippen LogP contribution < -0.4 is 0 Å². The van der Waals surface area contributed by atoms with E-state index in [9.17, 15) is 30.0 Å². The fourth-order valence-electron chi connectivity index (χ4n) is 6.83. The summed E-state index contributed by atoms with van der Waals surface area (Å²) in [4.78, 5) is 25.3. The first-order valence-electron chi connectivity index (χ1n) is 22.3. The van der Waals surface area contributed by atoms with Gasteiger partial charge in [0.15, 0.2) is 12.4 Å². The first-order valence-corrected chi connectivity index (χ1v) is 22.3. The number of hydrogen-bond acceptors (Lipinski definition) is 10. The largest absolute Gasteiger partial charge is 0.462 e. The van der Waals surface area contributed by atoms with Gasteiger partial charge in [-0.05, 0) is 38.5 Å². The van der Waals surface area contributed by atoms with E-state index in [0.717, 1.165) is 44.9 Å². The molecule has 1 saturated heterocycles. The third kappa shape index (κ3) is 27.1. The first kappa shape index (κ1) is 50.5. The van der Waals surface area contributed by atoms with Gasteiger partial charge in [-0.3, -0.25) is 9.59 Å². The van der Waals surface area contributed by atoms with Crippen molar-refractivity contribution in [2.45, 2.75) is 237 Å². The van der Waals surface area contributed by atoms with Gasteiger partial charge in [-0.1, -0.05) is 161 Å². The SMILES string of the molecule is CCCCCCCCC/C=C\CCCCCCCCCC(=O)OC(COC(=O)CCCCCCCCCCCCC)COC1OC(CO)C(O)C(O)C1O. The zero-order valence-electron chi connectivity index (χ0n) is 34.5. The van der Waals surface area contributed by atoms with E-state index in [1.165, 1.54) is 122 Å². The molecule has 4 N–H and O–H groups in total. The number of carbonyl (C=O) groups is 2. The van der Waals surface area contributed by atoms with E-state index >= 15 is 0 Å². The highest BCUT2D eigenvalue weighted by Crippen LogP contribution is 2.23. The number of aliphatic hydroxyl groups is 4. The molecule has 1 fully saturated rings. The smallest absolute Gasteiger partial charge is 0.306 e. The van der Waals surface area contributed by atoms with Crippen LogP contribution in [-0.4, -0.2) is 89.0 Å². The number of unbranched alkanes of at least 4 members (excludes halogenated alkanes) is 24. The van der Waals surface area contributed by atoms with Crippen molar-refractivity contribution >= 4 is 11.9 Å². The van der Waals surface area contributed by atoms with Crippen LogP contribution in [0.1, 0.15) is 200 Å². The van der Waals surface area contributed by atoms with E-state index in [2.05, 4.69) is 26.0 Å². The third-order valence-electron chi connectivity index (χ3n) is 10.4. The molecule has 318 valence electrons. The van der Waals surface area contributed by atoms with Crippen molar-refractivity contribution in [3.05, 3.63) is 12.2 Å². The van der Waals surface area contributed by atoms with E-state index in [1.54, 1.807) is 0 Å². The zero-order valence-corrected chi connectivity index (χ0v) is 34.5. The molecule has 54 heavy (non-hydrogen) atoms. The summed E-state index contributed by atoms with van der Waals surface area (Å²) in [5.41, 5.74) is 0. The molecule has 0 bridgehead atoms. The van der Waals surface area contributed by atoms with Crippen LogP contribution in [0.5, 0.6) is 0 Å². The molecule has 1 rings (SSSR count). The van der Waals surface area contributed by atoms with Gasteiger partial charge in [0.25, 0.3) is 0 Å². The van der Waals surface area contributed by atoms with Gasteiger partial charge in [-0.25, -0.2) is 0 Å². The van der Waals surface area contributed by atoms with E-state index in [0.29, 0.717) is 6.42 Å². The van der Waals surface area contributed by atoms with Crippen LogP contribution in [-0.2, 0) is 28.5 Å². The zero-order chi connectivity index (χ0) is 39.5. The maximum atomic E-state index is 12.8. The number of rotatable bonds is 37. The normalized spacial score (nSPS) is 20.7. The third-order valence-corrected chi connectivity index (χ3v) is 10.4. The summed E-state index contributed by atoms with van der Waals surface area (Å²) in [6.45, 7) is 3.42. The minimum atomic E-state index is -1.59. The van der Waals surface area contributed by atoms with E-state index in [4.69, 9.17) is 18.9 Å². The lowest BCUT2D eigenvalue weighted by atomic mass is 9.99. The van der Waals surface area contributed by atoms with Crippen molar-refractivity contribution in [3.8, 4) is 0 Å². The summed E-state index contributed by atoms with van der Waals surface area (Å²) in [6, 6.07) is 0. The lowest BCUT2D eigenvalue weighted by Gasteiger charge is -2.39. The lowest BCUT2D eigenvalue weighted by Crippen LogP contribution is -2.59. The quantitative estimate of drug-likeness (QED) is 0.0273. The van der Waals surface area contributed by atoms with Gasteiger partial charge < -0.3 is 39.4 Å². The molecule has 0 aromatic heterocycles. The van der Waals surface area contributed by atoms with Crippen molar-refractivity contribution in [1.82, 2.24) is 0 Å². The van der Waals surface area contributed by atoms with Crippen LogP contribution in [0.15, 0.2) is 12.2 Å². The molecular weight excluding hydrogens is 688 g/mol. The second-order valence-corrected chi connectivity index (χ2v) is 15.5. The van der Waals surface area contributed by atoms with Crippen LogP contribution in [0.25, 0.3) is 0 Å². The summed E-state index contributed by atoms with van der Waals surface area (Å²) in [5, 5.41) is 40.0. The van der Waals surface area contributed by atoms with Crippen molar-refractivity contribution in [1.29, 1.82) is 0 Å². The molecule has 0 spiro atoms. The van der Waals surface area contributed by atoms with Gasteiger partial charge >= 0.3 is 11.9 Å². The van der Waals surface area contributed by atoms with Gasteiger partial charge in [0, 0.05) is 12.8 Å². The fourth-order valence-corrected chi connectivity index (χ4v) is 6.83. The summed E-state index contributed by atoms with van der Waals surface area (Å²) in [5.74, 6) is -0.804. The van der Waals surface area contributed by atoms with Crippen LogP contribution in [0, 0.1) is 0 Å². The molecule has 0 aliphatic carbocycles. The Balaban J connectivity index is 2.31. The maximum absolute atomic E-state index is 12.8. The number of hydrogen-bond donors (Lipinski definition) is 4. The number of ether oxygens (including phenoxy) is 4. The summed E-state index contributed by atoms with van der Waals surface area (Å²) in [6.07, 6.45) is 29.3. The van der Waals surface area contributed by atoms with Gasteiger partial charge in [-0.2, -0.15) is 0 Å². The average molecular weight is 771 g/mol. The van der Waals surface area contributed by atoms with Gasteiger partial charge in [0.2, 0.25) is 0 Å². The monoisotopic (exact) mass is 771 g/mol. The lowest BCUT2D eigenvalue weighted by molar-refractivity contribution is -0.305. The Morgan fingerprint density at radius 1 is 0.556 bits per heavy atom. The Labute approximate surface area is 329 Å². The van der Waals surface area contributed by atoms with Crippen LogP contribution in [0.3, 0.4) is 0 Å². The standard InChI is InChI=1S/C44H82O10/c1-3-5-7-9-11-13-15-16-17-18-19-20-21-23-25-27-29-31-33-40(47)53-37(36-52-44-43(50)42(49)41(48)38(34-45)54-44)35-51-39(46)32-30-28-26-24-22-14-12-10-8-6-4-2/h17-18,37-38,41-45,48-50H,3-16,19-36H2,1-2H3/b18-17-. The highest BCUT2D eigenvalue weighted by molar-refractivity contribution is 5.70. The molecule has 1 aliphatic rings. The second kappa shape index (κ2) is 35.8. The maximum Gasteiger partial charge on any atom is 0.306 e. The van der Waals surface area contributed by atoms with Crippen molar-refractivity contribution in [2.24, 2.45) is 0 Å². The number of allylic oxidation sites excluding steroid dienone is 2. The Morgan fingerprint density at radius 2 is 0.981 bits per heavy atom. The molecule has 0 radical (unpaired) electrons. The van der Waals surface area contributed by atoms with Gasteiger partial charge in [-0.15, -0.1) is 0 Å². The molecular formula is C44H82O10. The predicted octanol–water partition coefficient (Wildman–Crippen LogP) is 9.17. The van der Waals surface area contributed by atoms with E-state index < -0.39 is 49.4 Å². The Kier molecular flexibility index (Phi) is 33.5. The van der Waals surface area contributed by atoms with Crippen molar-refractivity contribution in [3.63, 3.8) is 0 Å². The number of esters is 2. The predicted molar refractivity (Wildman–Crippen MR) is 215 cm³/mol. The summed E-state index contributed by atoms with van der Waals surface area (Å²) < 4.78 is 22.1. The molecule has 6 atom stereocenters. The van der Waals surface area contributed by atoms with Crippen LogP contribution in [0.4, 0.5) is 0 Å². The average Bonchev–Trinajstić information content (AvgIpc) is 3.17. The number of carbonyl (C=O) groups excluding carboxylic acids is 2. The molecule has 0 aromatic rings. The van der Waals surface area contributed by atoms with Crippen LogP contribution >= 0.6 is 0 Å². The van der Waals surface area contributed by atoms with Crippen molar-refractivity contribution < 1.29 is 49.0 Å². The van der Waals surface area contributed by atoms with Crippen LogP contribution in [0.2, 0.25) is 0 Å². The highest BCUT2D eigenvalue weighted by Gasteiger charge is 2.44. The van der Waals surface area contributed by atoms with Gasteiger partial charge in [0.1, 0.15) is 31.0 Å². The minimum absolute atomic E-state index is 0.214. The molecule has 0 aromatic carbocycles. The second-order valence-electron chi connectivity index (χ2n) is 15.5. The molecule has 10 heteroatoms. The first-order chi connectivity index (χ1) is 26.3. The number of aliphatic hydroxyl groups excluding tert-OH is 4. The molecule has 6 unspecified atom stereocenters. The molecule has 10 nitrogen and oxygen atoms in total. The summed E-state index contributed by atoms with van der Waals surface area (Å²) >= 11 is 0. The Bertz CT molecular complexity index is 897. The Morgan fingerprint density at radius 3 is 1.44 bits per heavy atom. The molecule has 0 amide bonds. The molecule has 1 heterocycles. The molecule has 0 saturated carbocycles. The van der Waals surface area contributed by atoms with Crippen molar-refractivity contribution in [2.75, 3.05) is 19.8 Å². The van der Waals surface area contributed by atoms with E-state index in [-0.39, 0.29) is 32.0 Å².